The molecule has 1 aromatic heterocycles. The lowest BCUT2D eigenvalue weighted by Crippen LogP contribution is -2.03. The second kappa shape index (κ2) is 25.1. The third kappa shape index (κ3) is 11.8. The molecule has 0 aliphatic carbocycles. The smallest absolute Gasteiger partial charge is 0.119 e. The van der Waals surface area contributed by atoms with Gasteiger partial charge in [0.05, 0.1) is 44.1 Å². The van der Waals surface area contributed by atoms with Gasteiger partial charge < -0.3 is 19.2 Å². The van der Waals surface area contributed by atoms with E-state index in [2.05, 4.69) is 184 Å². The minimum Gasteiger partial charge on any atom is -0.497 e. The van der Waals surface area contributed by atoms with Crippen molar-refractivity contribution in [1.29, 1.82) is 0 Å². The number of hydrogen-bond acceptors (Lipinski definition) is 4. The summed E-state index contributed by atoms with van der Waals surface area (Å²) in [5.74, 6) is 2.31. The molecule has 1 aliphatic heterocycles. The Morgan fingerprint density at radius 3 is 1.32 bits per heavy atom. The monoisotopic (exact) mass is 991 g/mol. The van der Waals surface area contributed by atoms with E-state index in [1.807, 2.05) is 18.2 Å². The van der Waals surface area contributed by atoms with E-state index in [1.54, 1.807) is 21.3 Å². The van der Waals surface area contributed by atoms with Crippen LogP contribution in [0.25, 0.3) is 50.2 Å². The fourth-order valence-corrected chi connectivity index (χ4v) is 10.5. The van der Waals surface area contributed by atoms with E-state index in [0.717, 1.165) is 184 Å². The van der Waals surface area contributed by atoms with Gasteiger partial charge >= 0.3 is 0 Å². The molecule has 0 bridgehead atoms. The van der Waals surface area contributed by atoms with Crippen LogP contribution in [0.2, 0.25) is 0 Å². The van der Waals surface area contributed by atoms with Crippen molar-refractivity contribution in [1.82, 2.24) is 4.98 Å². The molecule has 0 atom stereocenters. The number of nitrogens with zero attached hydrogens (tertiary/aromatic N) is 1. The second-order valence-corrected chi connectivity index (χ2v) is 20.0. The molecule has 8 aromatic rings. The van der Waals surface area contributed by atoms with E-state index >= 15 is 0 Å². The van der Waals surface area contributed by atoms with Gasteiger partial charge in [0.1, 0.15) is 17.2 Å². The van der Waals surface area contributed by atoms with Gasteiger partial charge in [0, 0.05) is 33.4 Å². The highest BCUT2D eigenvalue weighted by Gasteiger charge is 2.34. The summed E-state index contributed by atoms with van der Waals surface area (Å²) < 4.78 is 18.1. The summed E-state index contributed by atoms with van der Waals surface area (Å²) in [5, 5.41) is 0. The lowest BCUT2D eigenvalue weighted by Gasteiger charge is -2.18. The Hall–Kier alpha value is -7.63. The van der Waals surface area contributed by atoms with E-state index in [4.69, 9.17) is 19.2 Å². The van der Waals surface area contributed by atoms with Crippen molar-refractivity contribution in [3.8, 4) is 50.8 Å². The van der Waals surface area contributed by atoms with E-state index in [-0.39, 0.29) is 0 Å². The average Bonchev–Trinajstić information content (AvgIpc) is 4.06. The average molecular weight is 991 g/mol. The maximum atomic E-state index is 6.08. The van der Waals surface area contributed by atoms with Gasteiger partial charge in [-0.3, -0.25) is 0 Å². The zero-order chi connectivity index (χ0) is 52.1. The number of hydrogen-bond donors (Lipinski definition) is 1. The minimum absolute atomic E-state index is 0.755. The summed E-state index contributed by atoms with van der Waals surface area (Å²) in [5.41, 5.74) is 21.7. The quantitative estimate of drug-likeness (QED) is 0.0695. The molecule has 0 unspecified atom stereocenters. The molecular weight excluding hydrogens is 917 g/mol. The lowest BCUT2D eigenvalue weighted by molar-refractivity contribution is 0.414. The zero-order valence-corrected chi connectivity index (χ0v) is 45.3. The molecule has 2 heterocycles. The predicted molar refractivity (Wildman–Crippen MR) is 316 cm³/mol. The lowest BCUT2D eigenvalue weighted by atomic mass is 9.85. The summed E-state index contributed by atoms with van der Waals surface area (Å²) in [6.45, 7) is 9.03. The van der Waals surface area contributed by atoms with Crippen molar-refractivity contribution in [2.45, 2.75) is 105 Å². The first-order chi connectivity index (χ1) is 36.9. The first-order valence-electron chi connectivity index (χ1n) is 27.5. The van der Waals surface area contributed by atoms with Gasteiger partial charge in [0.2, 0.25) is 0 Å². The van der Waals surface area contributed by atoms with Gasteiger partial charge in [0.25, 0.3) is 0 Å². The highest BCUT2D eigenvalue weighted by Crippen LogP contribution is 2.52. The molecule has 0 spiro atoms. The standard InChI is InChI=1S/C70H74N2O3/c1-8-12-19-48-29-37-52(38-30-48)62-64(56-23-16-26-59(45-56)73-5)69(71-67(62)54-41-33-50(34-42-54)21-14-10-3)66(58-25-18-28-61(47-58)75-7)70-65(57-24-17-27-60(46-57)74-6)63(53-39-31-49(32-40-53)20-13-9-2)68(72-70)55-43-35-51(36-44-55)22-15-11-4/h16-18,23-47,71H,8-15,19-22H2,1-7H3/b70-66-. The Kier molecular flexibility index (Phi) is 17.5. The molecule has 75 heavy (non-hydrogen) atoms. The Morgan fingerprint density at radius 1 is 0.400 bits per heavy atom. The van der Waals surface area contributed by atoms with Gasteiger partial charge in [-0.2, -0.15) is 0 Å². The molecule has 0 saturated carbocycles. The molecule has 0 amide bonds. The molecule has 0 saturated heterocycles. The third-order valence-electron chi connectivity index (χ3n) is 14.7. The maximum absolute atomic E-state index is 6.08. The van der Waals surface area contributed by atoms with E-state index in [0.29, 0.717) is 0 Å². The number of aromatic nitrogens is 1. The Bertz CT molecular complexity index is 3280. The van der Waals surface area contributed by atoms with Gasteiger partial charge in [-0.1, -0.05) is 187 Å². The van der Waals surface area contributed by atoms with Gasteiger partial charge in [-0.05, 0) is 143 Å². The number of aryl methyl sites for hydroxylation is 4. The van der Waals surface area contributed by atoms with Crippen LogP contribution >= 0.6 is 0 Å². The van der Waals surface area contributed by atoms with Crippen LogP contribution in [0.3, 0.4) is 0 Å². The zero-order valence-electron chi connectivity index (χ0n) is 45.3. The number of allylic oxidation sites excluding steroid dienone is 2. The fourth-order valence-electron chi connectivity index (χ4n) is 10.5. The number of benzene rings is 7. The van der Waals surface area contributed by atoms with Crippen molar-refractivity contribution in [2.24, 2.45) is 4.99 Å². The van der Waals surface area contributed by atoms with Crippen molar-refractivity contribution in [2.75, 3.05) is 21.3 Å². The van der Waals surface area contributed by atoms with E-state index in [1.165, 1.54) is 22.3 Å². The van der Waals surface area contributed by atoms with Crippen LogP contribution < -0.4 is 14.2 Å². The highest BCUT2D eigenvalue weighted by molar-refractivity contribution is 6.42. The molecule has 1 N–H and O–H groups in total. The largest absolute Gasteiger partial charge is 0.497 e. The van der Waals surface area contributed by atoms with Crippen LogP contribution in [-0.2, 0) is 25.7 Å². The Labute approximate surface area is 447 Å². The Morgan fingerprint density at radius 2 is 0.827 bits per heavy atom. The normalized spacial score (nSPS) is 13.0. The van der Waals surface area contributed by atoms with Crippen molar-refractivity contribution < 1.29 is 14.2 Å². The topological polar surface area (TPSA) is 55.8 Å². The number of unbranched alkanes of at least 4 members (excludes halogenated alkanes) is 4. The summed E-state index contributed by atoms with van der Waals surface area (Å²) in [6.07, 6.45) is 13.4. The summed E-state index contributed by atoms with van der Waals surface area (Å²) in [7, 11) is 5.23. The maximum Gasteiger partial charge on any atom is 0.119 e. The minimum atomic E-state index is 0.755. The summed E-state index contributed by atoms with van der Waals surface area (Å²) in [4.78, 5) is 10.3. The molecule has 9 rings (SSSR count). The molecule has 5 nitrogen and oxygen atoms in total. The number of ether oxygens (including phenoxy) is 3. The number of rotatable bonds is 23. The van der Waals surface area contributed by atoms with Gasteiger partial charge in [-0.25, -0.2) is 4.99 Å². The predicted octanol–water partition coefficient (Wildman–Crippen LogP) is 18.3. The molecule has 5 heteroatoms. The van der Waals surface area contributed by atoms with Crippen LogP contribution in [0, 0.1) is 0 Å². The molecule has 1 aliphatic rings. The van der Waals surface area contributed by atoms with Crippen molar-refractivity contribution in [3.05, 3.63) is 226 Å². The fraction of sp³-hybridized carbons (Fsp3) is 0.271. The van der Waals surface area contributed by atoms with E-state index < -0.39 is 0 Å². The number of aliphatic imine (C=N–C) groups is 1. The first kappa shape index (κ1) is 52.2. The van der Waals surface area contributed by atoms with Crippen molar-refractivity contribution >= 4 is 22.4 Å². The van der Waals surface area contributed by atoms with Crippen LogP contribution in [0.4, 0.5) is 0 Å². The van der Waals surface area contributed by atoms with Crippen LogP contribution in [-0.4, -0.2) is 32.0 Å². The van der Waals surface area contributed by atoms with Gasteiger partial charge in [-0.15, -0.1) is 0 Å². The first-order valence-corrected chi connectivity index (χ1v) is 27.5. The number of methoxy groups -OCH3 is 3. The number of aromatic amines is 1. The van der Waals surface area contributed by atoms with Crippen LogP contribution in [0.1, 0.15) is 129 Å². The highest BCUT2D eigenvalue weighted by atomic mass is 16.5. The second-order valence-electron chi connectivity index (χ2n) is 20.0. The summed E-state index contributed by atoms with van der Waals surface area (Å²) in [6, 6.07) is 62.3. The molecule has 0 radical (unpaired) electrons. The third-order valence-corrected chi connectivity index (χ3v) is 14.7. The Balaban J connectivity index is 1.46. The SMILES string of the molecule is CCCCc1ccc(C2=N/C(=C(/c3cccc(OC)c3)c3[nH]c(-c4ccc(CCCC)cc4)c(-c4ccc(CCCC)cc4)c3-c3cccc(OC)c3)C(c3cccc(OC)c3)=C2c2ccc(CCCC)cc2)cc1. The van der Waals surface area contributed by atoms with Gasteiger partial charge in [0.15, 0.2) is 0 Å². The van der Waals surface area contributed by atoms with Crippen LogP contribution in [0.5, 0.6) is 17.2 Å². The molecule has 382 valence electrons. The molecule has 7 aromatic carbocycles. The van der Waals surface area contributed by atoms with Crippen LogP contribution in [0.15, 0.2) is 181 Å². The van der Waals surface area contributed by atoms with E-state index in [9.17, 15) is 0 Å². The molecular formula is C70H74N2O3. The molecule has 0 fully saturated rings. The number of H-pyrrole nitrogens is 1. The number of nitrogens with one attached hydrogen (secondary N) is 1. The van der Waals surface area contributed by atoms with Crippen molar-refractivity contribution in [3.63, 3.8) is 0 Å². The summed E-state index contributed by atoms with van der Waals surface area (Å²) >= 11 is 0.